The Labute approximate surface area is 139 Å². The van der Waals surface area contributed by atoms with Crippen LogP contribution >= 0.6 is 34.8 Å². The molecule has 0 atom stereocenters. The summed E-state index contributed by atoms with van der Waals surface area (Å²) in [6.07, 6.45) is -0.461. The van der Waals surface area contributed by atoms with Crippen LogP contribution in [0.3, 0.4) is 0 Å². The van der Waals surface area contributed by atoms with Crippen molar-refractivity contribution in [2.45, 2.75) is 10.2 Å². The van der Waals surface area contributed by atoms with Crippen LogP contribution in [0.2, 0.25) is 0 Å². The average Bonchev–Trinajstić information content (AvgIpc) is 1.21. The molecule has 7 heteroatoms. The molecule has 0 amide bonds. The zero-order chi connectivity index (χ0) is 6.78. The summed E-state index contributed by atoms with van der Waals surface area (Å²) in [5, 5.41) is 8.00. The van der Waals surface area contributed by atoms with E-state index in [1.54, 1.807) is 0 Å². The van der Waals surface area contributed by atoms with Gasteiger partial charge in [0.15, 0.2) is 0 Å². The average molecular weight is 242 g/mol. The van der Waals surface area contributed by atoms with Crippen molar-refractivity contribution in [3.05, 3.63) is 0 Å². The second kappa shape index (κ2) is 8.57. The van der Waals surface area contributed by atoms with Crippen LogP contribution in [0.15, 0.2) is 0 Å². The van der Waals surface area contributed by atoms with Crippen molar-refractivity contribution in [1.29, 1.82) is 0 Å². The molecule has 0 aliphatic carbocycles. The van der Waals surface area contributed by atoms with E-state index in [1.807, 2.05) is 0 Å². The monoisotopic (exact) mass is 240 g/mol. The molecule has 0 aromatic carbocycles. The van der Waals surface area contributed by atoms with Crippen molar-refractivity contribution in [2.24, 2.45) is 0 Å². The molecule has 0 spiro atoms. The molecule has 0 unspecified atom stereocenters. The first-order valence-corrected chi connectivity index (χ1v) is 2.84. The van der Waals surface area contributed by atoms with Gasteiger partial charge in [0.1, 0.15) is 0 Å². The summed E-state index contributed by atoms with van der Waals surface area (Å²) in [6.45, 7) is 0. The van der Waals surface area contributed by atoms with Gasteiger partial charge in [-0.3, -0.25) is 4.79 Å². The maximum absolute atomic E-state index is 9.76. The number of carbonyl (C=O) groups is 1. The molecule has 1 N–H and O–H groups in total. The summed E-state index contributed by atoms with van der Waals surface area (Å²) in [6, 6.07) is 0. The van der Waals surface area contributed by atoms with Crippen molar-refractivity contribution < 1.29 is 9.90 Å². The molecule has 0 radical (unpaired) electrons. The molecule has 0 aliphatic rings. The third kappa shape index (κ3) is 17.2. The van der Waals surface area contributed by atoms with Crippen molar-refractivity contribution >= 4 is 122 Å². The Morgan fingerprint density at radius 3 is 1.70 bits per heavy atom. The fourth-order valence-electron chi connectivity index (χ4n) is 0.171. The van der Waals surface area contributed by atoms with Gasteiger partial charge in [-0.2, -0.15) is 0 Å². The van der Waals surface area contributed by atoms with Crippen LogP contribution in [0.5, 0.6) is 0 Å². The number of rotatable bonds is 1. The minimum atomic E-state index is -1.66. The number of halogens is 3. The summed E-state index contributed by atoms with van der Waals surface area (Å²) in [4.78, 5) is 9.76. The van der Waals surface area contributed by atoms with Gasteiger partial charge in [0, 0.05) is 0 Å². The van der Waals surface area contributed by atoms with Gasteiger partial charge in [-0.05, 0) is 0 Å². The van der Waals surface area contributed by atoms with E-state index < -0.39 is 16.2 Å². The first kappa shape index (κ1) is 18.7. The fraction of sp³-hybridized carbons (Fsp3) is 0.667. The molecule has 10 heavy (non-hydrogen) atoms. The molecule has 0 rings (SSSR count). The quantitative estimate of drug-likeness (QED) is 0.537. The fourth-order valence-corrected chi connectivity index (χ4v) is 0.514. The Kier molecular flexibility index (Phi) is 16.0. The van der Waals surface area contributed by atoms with Crippen LogP contribution in [-0.4, -0.2) is 95.8 Å². The van der Waals surface area contributed by atoms with Crippen LogP contribution < -0.4 is 0 Å². The first-order valence-electron chi connectivity index (χ1n) is 1.70. The number of hydrogen-bond donors (Lipinski definition) is 1. The van der Waals surface area contributed by atoms with E-state index in [2.05, 4.69) is 0 Å². The van der Waals surface area contributed by atoms with Crippen molar-refractivity contribution in [3.63, 3.8) is 0 Å². The molecule has 0 aliphatic heterocycles. The van der Waals surface area contributed by atoms with E-state index >= 15 is 0 Å². The molecular formula is C3H5Cl3KNaO2. The van der Waals surface area contributed by atoms with Crippen LogP contribution in [0.4, 0.5) is 0 Å². The Balaban J connectivity index is -0.000000245. The molecular weight excluding hydrogens is 236 g/mol. The van der Waals surface area contributed by atoms with Gasteiger partial charge >= 0.3 is 86.9 Å². The summed E-state index contributed by atoms with van der Waals surface area (Å²) < 4.78 is -1.66. The van der Waals surface area contributed by atoms with Crippen LogP contribution in [0.1, 0.15) is 6.42 Å². The van der Waals surface area contributed by atoms with Gasteiger partial charge in [-0.1, -0.05) is 34.8 Å². The molecule has 0 saturated carbocycles. The second-order valence-electron chi connectivity index (χ2n) is 1.19. The van der Waals surface area contributed by atoms with Crippen molar-refractivity contribution in [2.75, 3.05) is 0 Å². The third-order valence-corrected chi connectivity index (χ3v) is 0.753. The van der Waals surface area contributed by atoms with Gasteiger partial charge < -0.3 is 5.11 Å². The number of aliphatic carboxylic acids is 1. The Morgan fingerprint density at radius 2 is 1.70 bits per heavy atom. The number of hydrogen-bond acceptors (Lipinski definition) is 1. The summed E-state index contributed by atoms with van der Waals surface area (Å²) >= 11 is 15.2. The standard InChI is InChI=1S/C3H3Cl3O2.K.Na.2H/c4-3(5,6)1-2(7)8;;;;/h1H2,(H,7,8);;;;. The third-order valence-electron chi connectivity index (χ3n) is 0.352. The van der Waals surface area contributed by atoms with Crippen LogP contribution in [0, 0.1) is 0 Å². The molecule has 0 aromatic rings. The topological polar surface area (TPSA) is 37.3 Å². The van der Waals surface area contributed by atoms with Gasteiger partial charge in [-0.15, -0.1) is 0 Å². The Hall–Kier alpha value is 2.98. The van der Waals surface area contributed by atoms with E-state index in [9.17, 15) is 4.79 Å². The molecule has 0 fully saturated rings. The van der Waals surface area contributed by atoms with Crippen LogP contribution in [-0.2, 0) is 4.79 Å². The summed E-state index contributed by atoms with van der Waals surface area (Å²) in [5.41, 5.74) is 0. The number of alkyl halides is 3. The van der Waals surface area contributed by atoms with Crippen molar-refractivity contribution in [1.82, 2.24) is 0 Å². The zero-order valence-corrected chi connectivity index (χ0v) is 5.96. The molecule has 2 nitrogen and oxygen atoms in total. The van der Waals surface area contributed by atoms with Crippen LogP contribution in [0.25, 0.3) is 0 Å². The number of carboxylic acid groups (broad SMARTS) is 1. The van der Waals surface area contributed by atoms with Crippen molar-refractivity contribution in [3.8, 4) is 0 Å². The summed E-state index contributed by atoms with van der Waals surface area (Å²) in [5.74, 6) is -1.12. The minimum absolute atomic E-state index is 0. The molecule has 0 aromatic heterocycles. The Morgan fingerprint density at radius 1 is 1.40 bits per heavy atom. The molecule has 52 valence electrons. The van der Waals surface area contributed by atoms with Gasteiger partial charge in [0.05, 0.1) is 6.42 Å². The molecule has 0 bridgehead atoms. The van der Waals surface area contributed by atoms with Gasteiger partial charge in [-0.25, -0.2) is 0 Å². The van der Waals surface area contributed by atoms with E-state index in [4.69, 9.17) is 39.9 Å². The second-order valence-corrected chi connectivity index (χ2v) is 3.70. The first-order chi connectivity index (χ1) is 3.42. The van der Waals surface area contributed by atoms with Gasteiger partial charge in [0.2, 0.25) is 3.79 Å². The van der Waals surface area contributed by atoms with E-state index in [0.29, 0.717) is 0 Å². The van der Waals surface area contributed by atoms with E-state index in [-0.39, 0.29) is 80.9 Å². The van der Waals surface area contributed by atoms with E-state index in [1.165, 1.54) is 0 Å². The predicted octanol–water partition coefficient (Wildman–Crippen LogP) is 0.534. The molecule has 0 heterocycles. The molecule has 0 saturated heterocycles. The Bertz CT molecular complexity index is 104. The zero-order valence-electron chi connectivity index (χ0n) is 3.70. The predicted molar refractivity (Wildman–Crippen MR) is 46.8 cm³/mol. The normalized spacial score (nSPS) is 9.10. The van der Waals surface area contributed by atoms with Gasteiger partial charge in [0.25, 0.3) is 0 Å². The number of carboxylic acids is 1. The van der Waals surface area contributed by atoms with E-state index in [0.717, 1.165) is 0 Å². The maximum atomic E-state index is 9.76. The SMILES string of the molecule is O=C(O)CC(Cl)(Cl)Cl.[KH].[NaH]. The summed E-state index contributed by atoms with van der Waals surface area (Å²) in [7, 11) is 0.